The van der Waals surface area contributed by atoms with Crippen LogP contribution in [0.1, 0.15) is 26.2 Å². The van der Waals surface area contributed by atoms with Gasteiger partial charge in [0.1, 0.15) is 6.56 Å². The second-order valence-corrected chi connectivity index (χ2v) is 4.48. The van der Waals surface area contributed by atoms with Crippen molar-refractivity contribution in [2.45, 2.75) is 18.8 Å². The number of aromatic nitrogens is 1. The maximum atomic E-state index is 11.8. The first-order chi connectivity index (χ1) is 15.3. The van der Waals surface area contributed by atoms with Gasteiger partial charge in [0.2, 0.25) is 0 Å². The summed E-state index contributed by atoms with van der Waals surface area (Å²) in [6, 6.07) is -5.74. The monoisotopic (exact) mass is 300 g/mol. The molecule has 3 rings (SSSR count). The molecule has 0 saturated carbocycles. The van der Waals surface area contributed by atoms with E-state index in [0.29, 0.717) is 4.98 Å². The minimum absolute atomic E-state index is 0.0264. The topological polar surface area (TPSA) is 57.4 Å². The van der Waals surface area contributed by atoms with Crippen LogP contribution in [0.25, 0.3) is 10.9 Å². The molecule has 2 N–H and O–H groups in total. The Balaban J connectivity index is 2.26. The van der Waals surface area contributed by atoms with Gasteiger partial charge in [0, 0.05) is 30.5 Å². The SMILES string of the molecule is [2H]c1c(C([2H])([2H])[C@]2([2H])N([2H])C(=O)OC2([2H])[2H])c([2H])c2c(CCN(C)C([2H])([2H])[2H])cn([2H])c2c1[2H]. The first kappa shape index (κ1) is 5.32. The van der Waals surface area contributed by atoms with E-state index in [9.17, 15) is 4.79 Å². The molecule has 0 spiro atoms. The summed E-state index contributed by atoms with van der Waals surface area (Å²) in [7, 11) is 1.34. The van der Waals surface area contributed by atoms with E-state index in [1.54, 1.807) is 0 Å². The molecular formula is C16H21N3O2. The molecule has 1 atom stereocenters. The largest absolute Gasteiger partial charge is 0.447 e. The lowest BCUT2D eigenvalue weighted by Gasteiger charge is -2.09. The first-order valence-electron chi connectivity index (χ1n) is 12.6. The van der Waals surface area contributed by atoms with Gasteiger partial charge >= 0.3 is 6.09 Å². The minimum atomic E-state index is -3.39. The number of fused-ring (bicyclic) bond motifs is 1. The number of carbonyl (C=O) groups excluding carboxylic acids is 1. The molecule has 1 aromatic carbocycles. The van der Waals surface area contributed by atoms with Crippen molar-refractivity contribution in [3.8, 4) is 0 Å². The van der Waals surface area contributed by atoms with Crippen molar-refractivity contribution in [2.24, 2.45) is 0 Å². The van der Waals surface area contributed by atoms with Gasteiger partial charge in [-0.15, -0.1) is 0 Å². The summed E-state index contributed by atoms with van der Waals surface area (Å²) in [5.74, 6) is 0. The Morgan fingerprint density at radius 3 is 3.43 bits per heavy atom. The van der Waals surface area contributed by atoms with Crippen LogP contribution >= 0.6 is 0 Å². The predicted molar refractivity (Wildman–Crippen MR) is 82.5 cm³/mol. The molecule has 2 aromatic rings. The number of amides is 1. The zero-order valence-electron chi connectivity index (χ0n) is 24.1. The number of aromatic amines is 1. The number of H-pyrrole nitrogens is 1. The minimum Gasteiger partial charge on any atom is -0.447 e. The van der Waals surface area contributed by atoms with Gasteiger partial charge in [-0.25, -0.2) is 4.79 Å². The van der Waals surface area contributed by atoms with Crippen LogP contribution in [-0.4, -0.2) is 49.1 Å². The van der Waals surface area contributed by atoms with E-state index in [4.69, 9.17) is 17.9 Å². The zero-order valence-corrected chi connectivity index (χ0v) is 11.1. The fourth-order valence-corrected chi connectivity index (χ4v) is 1.88. The van der Waals surface area contributed by atoms with Crippen LogP contribution in [0.15, 0.2) is 24.3 Å². The lowest BCUT2D eigenvalue weighted by atomic mass is 10.0. The van der Waals surface area contributed by atoms with Crippen LogP contribution in [0.4, 0.5) is 4.79 Å². The summed E-state index contributed by atoms with van der Waals surface area (Å²) in [5, 5.41) is -0.499. The normalized spacial score (nSPS) is 34.9. The maximum Gasteiger partial charge on any atom is 0.407 e. The smallest absolute Gasteiger partial charge is 0.407 e. The number of hydrogen-bond donors (Lipinski definition) is 2. The fourth-order valence-electron chi connectivity index (χ4n) is 1.88. The van der Waals surface area contributed by atoms with Gasteiger partial charge in [-0.2, -0.15) is 0 Å². The van der Waals surface area contributed by atoms with Crippen LogP contribution in [0.3, 0.4) is 0 Å². The van der Waals surface area contributed by atoms with Crippen LogP contribution in [-0.2, 0) is 17.5 Å². The van der Waals surface area contributed by atoms with Gasteiger partial charge in [0.05, 0.1) is 14.2 Å². The van der Waals surface area contributed by atoms with Gasteiger partial charge in [-0.1, -0.05) is 6.04 Å². The average Bonchev–Trinajstić information content (AvgIpc) is 3.11. The molecule has 1 amide bonds. The molecule has 0 radical (unpaired) electrons. The number of nitrogens with one attached hydrogen (secondary N) is 2. The summed E-state index contributed by atoms with van der Waals surface area (Å²) in [5.41, 5.74) is -0.971. The van der Waals surface area contributed by atoms with E-state index < -0.39 is 55.7 Å². The van der Waals surface area contributed by atoms with E-state index in [1.165, 1.54) is 13.2 Å². The Hall–Kier alpha value is -2.01. The highest BCUT2D eigenvalue weighted by atomic mass is 16.6. The van der Waals surface area contributed by atoms with Crippen molar-refractivity contribution < 1.29 is 27.4 Å². The van der Waals surface area contributed by atoms with Crippen molar-refractivity contribution in [1.82, 2.24) is 15.2 Å². The molecule has 0 aliphatic carbocycles. The van der Waals surface area contributed by atoms with Crippen molar-refractivity contribution in [3.63, 3.8) is 0 Å². The molecule has 2 heterocycles. The number of cyclic esters (lactones) is 1. The van der Waals surface area contributed by atoms with Crippen LogP contribution in [0.2, 0.25) is 2.82 Å². The van der Waals surface area contributed by atoms with Gasteiger partial charge < -0.3 is 19.9 Å². The molecule has 5 heteroatoms. The Morgan fingerprint density at radius 1 is 1.76 bits per heavy atom. The summed E-state index contributed by atoms with van der Waals surface area (Å²) in [6.45, 7) is -5.82. The highest BCUT2D eigenvalue weighted by molar-refractivity contribution is 5.84. The average molecular weight is 300 g/mol. The lowest BCUT2D eigenvalue weighted by molar-refractivity contribution is 0.177. The highest BCUT2D eigenvalue weighted by Gasteiger charge is 2.22. The van der Waals surface area contributed by atoms with Crippen LogP contribution in [0.5, 0.6) is 0 Å². The number of ether oxygens (including phenoxy) is 1. The van der Waals surface area contributed by atoms with Crippen molar-refractivity contribution in [2.75, 3.05) is 27.1 Å². The maximum absolute atomic E-state index is 11.8. The third kappa shape index (κ3) is 3.19. The number of nitrogens with zero attached hydrogens (tertiary/aromatic N) is 1. The van der Waals surface area contributed by atoms with Crippen molar-refractivity contribution in [1.29, 1.82) is 0 Å². The molecule has 0 unspecified atom stereocenters. The van der Waals surface area contributed by atoms with Gasteiger partial charge in [0.25, 0.3) is 0 Å². The summed E-state index contributed by atoms with van der Waals surface area (Å²) < 4.78 is 109. The number of likely N-dealkylation sites (N-methyl/N-ethyl adjacent to an activating group) is 1. The van der Waals surface area contributed by atoms with Gasteiger partial charge in [0.15, 0.2) is 2.82 Å². The molecule has 1 aromatic heterocycles. The predicted octanol–water partition coefficient (Wildman–Crippen LogP) is 1.92. The van der Waals surface area contributed by atoms with E-state index in [-0.39, 0.29) is 34.7 Å². The standard InChI is InChI=1S/C16H21N3O2/c1-19(2)6-5-12-9-17-15-4-3-11(8-14(12)15)7-13-10-21-16(20)18-13/h3-4,8-9,13,17H,5-7,10H2,1-2H3,(H,18,20)/t13-/m0/s1/i1D3,3D,4D,7D2,8D,10D2,13D/hD2. The number of benzene rings is 1. The van der Waals surface area contributed by atoms with Crippen LogP contribution in [0, 0.1) is 0 Å². The third-order valence-electron chi connectivity index (χ3n) is 2.86. The fraction of sp³-hybridized carbons (Fsp3) is 0.438. The molecule has 0 bridgehead atoms. The number of carbonyl (C=O) groups is 1. The van der Waals surface area contributed by atoms with Gasteiger partial charge in [-0.3, -0.25) is 0 Å². The number of alkyl carbamates (subject to hydrolysis) is 1. The third-order valence-corrected chi connectivity index (χ3v) is 2.86. The lowest BCUT2D eigenvalue weighted by Crippen LogP contribution is -2.28. The Kier molecular flexibility index (Phi) is 1.46. The van der Waals surface area contributed by atoms with E-state index in [1.807, 2.05) is 0 Å². The number of rotatable bonds is 5. The molecule has 112 valence electrons. The summed E-state index contributed by atoms with van der Waals surface area (Å²) >= 11 is 0. The highest BCUT2D eigenvalue weighted by Crippen LogP contribution is 2.21. The summed E-state index contributed by atoms with van der Waals surface area (Å²) in [6.07, 6.45) is -3.86. The molecule has 1 aliphatic rings. The van der Waals surface area contributed by atoms with E-state index in [0.717, 1.165) is 4.90 Å². The van der Waals surface area contributed by atoms with Crippen molar-refractivity contribution >= 4 is 17.0 Å². The zero-order chi connectivity index (χ0) is 26.2. The van der Waals surface area contributed by atoms with Crippen molar-refractivity contribution in [3.05, 3.63) is 35.5 Å². The van der Waals surface area contributed by atoms with E-state index >= 15 is 0 Å². The number of hydrogen-bond acceptors (Lipinski definition) is 3. The molecular weight excluding hydrogens is 266 g/mol. The van der Waals surface area contributed by atoms with E-state index in [2.05, 4.69) is 4.74 Å². The Bertz CT molecular complexity index is 1160. The Labute approximate surface area is 142 Å². The molecule has 1 saturated heterocycles. The van der Waals surface area contributed by atoms with Crippen LogP contribution < -0.4 is 5.31 Å². The molecule has 1 fully saturated rings. The molecule has 21 heavy (non-hydrogen) atoms. The summed E-state index contributed by atoms with van der Waals surface area (Å²) in [4.78, 5) is 13.5. The second kappa shape index (κ2) is 5.77. The quantitative estimate of drug-likeness (QED) is 0.887. The second-order valence-electron chi connectivity index (χ2n) is 4.48. The first-order valence-corrected chi connectivity index (χ1v) is 6.17. The van der Waals surface area contributed by atoms with Gasteiger partial charge in [-0.05, 0) is 50.0 Å². The Morgan fingerprint density at radius 2 is 2.67 bits per heavy atom. The molecule has 1 aliphatic heterocycles. The molecule has 5 nitrogen and oxygen atoms in total.